The second-order valence-electron chi connectivity index (χ2n) is 6.14. The topological polar surface area (TPSA) is 122 Å². The van der Waals surface area contributed by atoms with Crippen molar-refractivity contribution in [3.05, 3.63) is 69.8 Å². The van der Waals surface area contributed by atoms with Crippen molar-refractivity contribution in [3.8, 4) is 0 Å². The van der Waals surface area contributed by atoms with E-state index in [4.69, 9.17) is 0 Å². The number of amides is 1. The van der Waals surface area contributed by atoms with Crippen molar-refractivity contribution in [2.75, 3.05) is 11.9 Å². The Balaban J connectivity index is 2.32. The van der Waals surface area contributed by atoms with Crippen LogP contribution in [0.1, 0.15) is 29.8 Å². The van der Waals surface area contributed by atoms with Crippen molar-refractivity contribution in [3.63, 3.8) is 0 Å². The van der Waals surface area contributed by atoms with Gasteiger partial charge in [-0.1, -0.05) is 30.3 Å². The van der Waals surface area contributed by atoms with Gasteiger partial charge in [-0.15, -0.1) is 0 Å². The molecule has 0 bridgehead atoms. The maximum atomic E-state index is 12.7. The van der Waals surface area contributed by atoms with Crippen LogP contribution in [0, 0.1) is 10.1 Å². The summed E-state index contributed by atoms with van der Waals surface area (Å²) in [5, 5.41) is 25.8. The van der Waals surface area contributed by atoms with Crippen LogP contribution in [0.25, 0.3) is 0 Å². The van der Waals surface area contributed by atoms with Crippen molar-refractivity contribution < 1.29 is 19.6 Å². The molecule has 136 valence electrons. The van der Waals surface area contributed by atoms with E-state index >= 15 is 0 Å². The Kier molecular flexibility index (Phi) is 5.81. The fourth-order valence-corrected chi connectivity index (χ4v) is 2.18. The number of nitro benzene ring substituents is 1. The Morgan fingerprint density at radius 3 is 2.38 bits per heavy atom. The van der Waals surface area contributed by atoms with Gasteiger partial charge in [-0.2, -0.15) is 0 Å². The van der Waals surface area contributed by atoms with Gasteiger partial charge >= 0.3 is 0 Å². The number of ketones is 1. The van der Waals surface area contributed by atoms with Crippen LogP contribution in [0.4, 0.5) is 11.4 Å². The van der Waals surface area contributed by atoms with Crippen molar-refractivity contribution in [1.82, 2.24) is 5.32 Å². The number of carbonyl (C=O) groups excluding carboxylic acids is 2. The number of nitrogens with zero attached hydrogens (tertiary/aromatic N) is 1. The van der Waals surface area contributed by atoms with Crippen LogP contribution in [0.15, 0.2) is 48.5 Å². The molecule has 0 heterocycles. The van der Waals surface area contributed by atoms with Gasteiger partial charge in [0.1, 0.15) is 5.72 Å². The average molecular weight is 357 g/mol. The standard InChI is InChI=1S/C18H19N3O5/c1-18(2,24)19-11-16(22)20-15-9-8-13(21(25)26)10-14(15)17(23)12-6-4-3-5-7-12/h3-10,19,24H,11H2,1-2H3,(H,20,22). The first kappa shape index (κ1) is 19.2. The maximum absolute atomic E-state index is 12.7. The van der Waals surface area contributed by atoms with Gasteiger partial charge < -0.3 is 10.4 Å². The van der Waals surface area contributed by atoms with E-state index in [9.17, 15) is 24.8 Å². The number of rotatable bonds is 7. The van der Waals surface area contributed by atoms with Crippen LogP contribution >= 0.6 is 0 Å². The van der Waals surface area contributed by atoms with Crippen LogP contribution in [0.5, 0.6) is 0 Å². The Hall–Kier alpha value is -3.10. The lowest BCUT2D eigenvalue weighted by atomic mass is 10.0. The first-order valence-corrected chi connectivity index (χ1v) is 7.83. The summed E-state index contributed by atoms with van der Waals surface area (Å²) in [7, 11) is 0. The fraction of sp³-hybridized carbons (Fsp3) is 0.222. The predicted molar refractivity (Wildman–Crippen MR) is 95.9 cm³/mol. The number of nitrogens with one attached hydrogen (secondary N) is 2. The van der Waals surface area contributed by atoms with E-state index in [2.05, 4.69) is 10.6 Å². The largest absolute Gasteiger partial charge is 0.376 e. The molecule has 2 aromatic carbocycles. The highest BCUT2D eigenvalue weighted by atomic mass is 16.6. The number of aliphatic hydroxyl groups is 1. The van der Waals surface area contributed by atoms with Crippen LogP contribution in [0.2, 0.25) is 0 Å². The number of nitro groups is 1. The number of benzene rings is 2. The van der Waals surface area contributed by atoms with E-state index in [-0.39, 0.29) is 23.5 Å². The van der Waals surface area contributed by atoms with Crippen molar-refractivity contribution in [2.24, 2.45) is 0 Å². The highest BCUT2D eigenvalue weighted by Crippen LogP contribution is 2.25. The van der Waals surface area contributed by atoms with Gasteiger partial charge in [0.15, 0.2) is 5.78 Å². The molecule has 2 rings (SSSR count). The highest BCUT2D eigenvalue weighted by Gasteiger charge is 2.20. The second kappa shape index (κ2) is 7.85. The quantitative estimate of drug-likeness (QED) is 0.302. The molecule has 0 saturated heterocycles. The number of hydrogen-bond donors (Lipinski definition) is 3. The monoisotopic (exact) mass is 357 g/mol. The fourth-order valence-electron chi connectivity index (χ4n) is 2.18. The van der Waals surface area contributed by atoms with E-state index in [1.54, 1.807) is 30.3 Å². The zero-order valence-corrected chi connectivity index (χ0v) is 14.4. The van der Waals surface area contributed by atoms with E-state index in [1.807, 2.05) is 0 Å². The maximum Gasteiger partial charge on any atom is 0.270 e. The van der Waals surface area contributed by atoms with Gasteiger partial charge in [-0.3, -0.25) is 25.0 Å². The Labute approximate surface area is 150 Å². The summed E-state index contributed by atoms with van der Waals surface area (Å²) in [6.07, 6.45) is 0. The molecule has 0 radical (unpaired) electrons. The van der Waals surface area contributed by atoms with E-state index in [1.165, 1.54) is 26.0 Å². The minimum Gasteiger partial charge on any atom is -0.376 e. The minimum atomic E-state index is -1.24. The zero-order valence-electron chi connectivity index (χ0n) is 14.4. The molecule has 0 aromatic heterocycles. The van der Waals surface area contributed by atoms with Gasteiger partial charge in [-0.05, 0) is 19.9 Å². The molecule has 0 saturated carbocycles. The third-order valence-corrected chi connectivity index (χ3v) is 3.45. The van der Waals surface area contributed by atoms with Gasteiger partial charge in [0.05, 0.1) is 22.7 Å². The summed E-state index contributed by atoms with van der Waals surface area (Å²) in [5.41, 5.74) is -0.973. The van der Waals surface area contributed by atoms with Crippen LogP contribution < -0.4 is 10.6 Å². The molecule has 2 aromatic rings. The van der Waals surface area contributed by atoms with E-state index < -0.39 is 22.3 Å². The second-order valence-corrected chi connectivity index (χ2v) is 6.14. The SMILES string of the molecule is CC(C)(O)NCC(=O)Nc1ccc([N+](=O)[O-])cc1C(=O)c1ccccc1. The van der Waals surface area contributed by atoms with E-state index in [0.29, 0.717) is 5.56 Å². The summed E-state index contributed by atoms with van der Waals surface area (Å²) in [6.45, 7) is 2.77. The minimum absolute atomic E-state index is 0.0157. The Bertz CT molecular complexity index is 828. The normalized spacial score (nSPS) is 11.0. The molecule has 1 amide bonds. The molecule has 3 N–H and O–H groups in total. The molecule has 0 atom stereocenters. The number of anilines is 1. The van der Waals surface area contributed by atoms with Gasteiger partial charge in [-0.25, -0.2) is 0 Å². The molecule has 0 aliphatic heterocycles. The number of carbonyl (C=O) groups is 2. The summed E-state index contributed by atoms with van der Waals surface area (Å²) in [5.74, 6) is -0.942. The highest BCUT2D eigenvalue weighted by molar-refractivity contribution is 6.14. The van der Waals surface area contributed by atoms with Crippen LogP contribution in [-0.2, 0) is 4.79 Å². The molecule has 0 aliphatic carbocycles. The number of hydrogen-bond acceptors (Lipinski definition) is 6. The third kappa shape index (κ3) is 5.20. The van der Waals surface area contributed by atoms with Gasteiger partial charge in [0.25, 0.3) is 5.69 Å². The summed E-state index contributed by atoms with van der Waals surface area (Å²) >= 11 is 0. The predicted octanol–water partition coefficient (Wildman–Crippen LogP) is 2.08. The van der Waals surface area contributed by atoms with Gasteiger partial charge in [0, 0.05) is 17.7 Å². The lowest BCUT2D eigenvalue weighted by molar-refractivity contribution is -0.384. The molecule has 0 unspecified atom stereocenters. The summed E-state index contributed by atoms with van der Waals surface area (Å²) in [6, 6.07) is 11.9. The summed E-state index contributed by atoms with van der Waals surface area (Å²) in [4.78, 5) is 35.2. The molecule has 0 fully saturated rings. The van der Waals surface area contributed by atoms with Gasteiger partial charge in [0.2, 0.25) is 5.91 Å². The molecule has 8 nitrogen and oxygen atoms in total. The molecule has 26 heavy (non-hydrogen) atoms. The zero-order chi connectivity index (χ0) is 19.3. The van der Waals surface area contributed by atoms with Crippen molar-refractivity contribution in [1.29, 1.82) is 0 Å². The van der Waals surface area contributed by atoms with Crippen molar-refractivity contribution >= 4 is 23.1 Å². The van der Waals surface area contributed by atoms with Crippen LogP contribution in [-0.4, -0.2) is 34.0 Å². The Morgan fingerprint density at radius 1 is 1.15 bits per heavy atom. The smallest absolute Gasteiger partial charge is 0.270 e. The lowest BCUT2D eigenvalue weighted by Crippen LogP contribution is -2.43. The first-order valence-electron chi connectivity index (χ1n) is 7.83. The molecular formula is C18H19N3O5. The molecule has 8 heteroatoms. The lowest BCUT2D eigenvalue weighted by Gasteiger charge is -2.19. The third-order valence-electron chi connectivity index (χ3n) is 3.45. The number of non-ortho nitro benzene ring substituents is 1. The first-order chi connectivity index (χ1) is 12.2. The van der Waals surface area contributed by atoms with Crippen LogP contribution in [0.3, 0.4) is 0 Å². The summed E-state index contributed by atoms with van der Waals surface area (Å²) < 4.78 is 0. The van der Waals surface area contributed by atoms with Crippen molar-refractivity contribution in [2.45, 2.75) is 19.6 Å². The Morgan fingerprint density at radius 2 is 1.81 bits per heavy atom. The molecule has 0 spiro atoms. The van der Waals surface area contributed by atoms with E-state index in [0.717, 1.165) is 6.07 Å². The average Bonchev–Trinajstić information content (AvgIpc) is 2.59. The molecular weight excluding hydrogens is 338 g/mol. The molecule has 0 aliphatic rings.